The fourth-order valence-corrected chi connectivity index (χ4v) is 9.05. The highest BCUT2D eigenvalue weighted by Gasteiger charge is 2.22. The van der Waals surface area contributed by atoms with Crippen molar-refractivity contribution in [2.45, 2.75) is 20.3 Å². The first-order valence-corrected chi connectivity index (χ1v) is 19.7. The lowest BCUT2D eigenvalue weighted by atomic mass is 9.98. The summed E-state index contributed by atoms with van der Waals surface area (Å²) in [4.78, 5) is 15.5. The summed E-state index contributed by atoms with van der Waals surface area (Å²) in [6.07, 6.45) is 1.25. The Morgan fingerprint density at radius 3 is 1.71 bits per heavy atom. The lowest BCUT2D eigenvalue weighted by Gasteiger charge is -2.13. The number of rotatable bonds is 4. The molecule has 4 nitrogen and oxygen atoms in total. The van der Waals surface area contributed by atoms with Gasteiger partial charge < -0.3 is 0 Å². The van der Waals surface area contributed by atoms with Crippen LogP contribution in [0.2, 0.25) is 0 Å². The minimum absolute atomic E-state index is 0.588. The first-order valence-electron chi connectivity index (χ1n) is 18.9. The quantitative estimate of drug-likeness (QED) is 0.181. The molecule has 8 aromatic carbocycles. The van der Waals surface area contributed by atoms with E-state index in [0.29, 0.717) is 17.6 Å². The minimum atomic E-state index is 0.588. The van der Waals surface area contributed by atoms with Crippen LogP contribution in [0, 0.1) is 0 Å². The molecule has 11 rings (SSSR count). The lowest BCUT2D eigenvalue weighted by molar-refractivity contribution is 0.954. The second kappa shape index (κ2) is 13.6. The van der Waals surface area contributed by atoms with E-state index in [-0.39, 0.29) is 0 Å². The zero-order valence-electron chi connectivity index (χ0n) is 30.6. The zero-order chi connectivity index (χ0) is 36.9. The first kappa shape index (κ1) is 32.9. The minimum Gasteiger partial charge on any atom is -0.277 e. The van der Waals surface area contributed by atoms with Gasteiger partial charge in [-0.1, -0.05) is 172 Å². The Morgan fingerprint density at radius 1 is 0.455 bits per heavy atom. The molecular formula is C50H36N4S. The molecule has 0 bridgehead atoms. The average molecular weight is 725 g/mol. The third kappa shape index (κ3) is 5.55. The number of aromatic nitrogens is 4. The van der Waals surface area contributed by atoms with Crippen molar-refractivity contribution in [1.82, 2.24) is 19.5 Å². The highest BCUT2D eigenvalue weighted by Crippen LogP contribution is 2.44. The fourth-order valence-electron chi connectivity index (χ4n) is 7.89. The molecule has 0 aliphatic heterocycles. The molecule has 0 spiro atoms. The van der Waals surface area contributed by atoms with Crippen molar-refractivity contribution >= 4 is 74.9 Å². The summed E-state index contributed by atoms with van der Waals surface area (Å²) in [6.45, 7) is 4.25. The summed E-state index contributed by atoms with van der Waals surface area (Å²) < 4.78 is 4.83. The predicted octanol–water partition coefficient (Wildman–Crippen LogP) is 14.1. The van der Waals surface area contributed by atoms with Crippen LogP contribution in [-0.2, 0) is 0 Å². The van der Waals surface area contributed by atoms with E-state index in [2.05, 4.69) is 152 Å². The maximum absolute atomic E-state index is 5.24. The van der Waals surface area contributed by atoms with E-state index in [1.807, 2.05) is 47.7 Å². The van der Waals surface area contributed by atoms with Gasteiger partial charge in [0.05, 0.1) is 11.0 Å². The van der Waals surface area contributed by atoms with Gasteiger partial charge in [-0.25, -0.2) is 4.98 Å². The van der Waals surface area contributed by atoms with Crippen molar-refractivity contribution in [1.29, 1.82) is 0 Å². The van der Waals surface area contributed by atoms with Gasteiger partial charge in [0.15, 0.2) is 11.6 Å². The van der Waals surface area contributed by atoms with Crippen molar-refractivity contribution < 1.29 is 0 Å². The van der Waals surface area contributed by atoms with Gasteiger partial charge >= 0.3 is 0 Å². The molecule has 0 unspecified atom stereocenters. The molecular weight excluding hydrogens is 689 g/mol. The predicted molar refractivity (Wildman–Crippen MR) is 234 cm³/mol. The Balaban J connectivity index is 0.00000120. The Kier molecular flexibility index (Phi) is 8.15. The highest BCUT2D eigenvalue weighted by molar-refractivity contribution is 7.26. The van der Waals surface area contributed by atoms with Crippen LogP contribution in [-0.4, -0.2) is 19.5 Å². The topological polar surface area (TPSA) is 43.6 Å². The van der Waals surface area contributed by atoms with E-state index in [9.17, 15) is 0 Å². The van der Waals surface area contributed by atoms with Crippen LogP contribution in [0.25, 0.3) is 103 Å². The number of thiophene rings is 1. The van der Waals surface area contributed by atoms with Crippen LogP contribution in [0.15, 0.2) is 170 Å². The van der Waals surface area contributed by atoms with Gasteiger partial charge in [-0.3, -0.25) is 4.57 Å². The van der Waals surface area contributed by atoms with E-state index < -0.39 is 0 Å². The summed E-state index contributed by atoms with van der Waals surface area (Å²) in [5.74, 6) is 1.86. The van der Waals surface area contributed by atoms with E-state index >= 15 is 0 Å². The standard InChI is InChI=1S/C47H28N4S.C3H8/c1-3-14-31(15-4-1)45-48-46(32-16-5-2-6-17-32)50-47(49-45)51-39-26-23-29-12-7-9-18-34(29)42(39)38-21-11-20-36(44(38)51)33-22-25-37-41(28-33)52-40-27-24-30-13-8-10-19-35(30)43(37)40;1-3-2/h1-28H;3H2,1-2H3. The molecule has 0 aliphatic rings. The van der Waals surface area contributed by atoms with E-state index in [4.69, 9.17) is 15.0 Å². The summed E-state index contributed by atoms with van der Waals surface area (Å²) in [6, 6.07) is 60.2. The van der Waals surface area contributed by atoms with Crippen molar-refractivity contribution in [2.24, 2.45) is 0 Å². The van der Waals surface area contributed by atoms with Crippen molar-refractivity contribution in [3.63, 3.8) is 0 Å². The normalized spacial score (nSPS) is 11.5. The van der Waals surface area contributed by atoms with Crippen molar-refractivity contribution in [3.8, 4) is 39.9 Å². The Labute approximate surface area is 323 Å². The van der Waals surface area contributed by atoms with Gasteiger partial charge in [0.1, 0.15) is 0 Å². The Hall–Kier alpha value is -6.69. The number of nitrogens with zero attached hydrogens (tertiary/aromatic N) is 4. The van der Waals surface area contributed by atoms with Crippen LogP contribution in [0.4, 0.5) is 0 Å². The number of fused-ring (bicyclic) bond motifs is 10. The molecule has 0 N–H and O–H groups in total. The van der Waals surface area contributed by atoms with Crippen LogP contribution in [0.3, 0.4) is 0 Å². The number of benzene rings is 8. The third-order valence-corrected chi connectivity index (χ3v) is 11.4. The van der Waals surface area contributed by atoms with Gasteiger partial charge in [0.2, 0.25) is 5.95 Å². The first-order chi connectivity index (χ1) is 27.2. The van der Waals surface area contributed by atoms with Crippen molar-refractivity contribution in [3.05, 3.63) is 170 Å². The molecule has 11 aromatic rings. The molecule has 5 heteroatoms. The second-order valence-electron chi connectivity index (χ2n) is 13.9. The van der Waals surface area contributed by atoms with Crippen LogP contribution in [0.5, 0.6) is 0 Å². The van der Waals surface area contributed by atoms with Gasteiger partial charge in [-0.15, -0.1) is 11.3 Å². The molecule has 3 heterocycles. The molecule has 0 saturated carbocycles. The van der Waals surface area contributed by atoms with E-state index in [1.54, 1.807) is 0 Å². The fraction of sp³-hybridized carbons (Fsp3) is 0.0600. The van der Waals surface area contributed by atoms with Gasteiger partial charge in [-0.2, -0.15) is 9.97 Å². The van der Waals surface area contributed by atoms with Gasteiger partial charge in [0.25, 0.3) is 0 Å². The maximum Gasteiger partial charge on any atom is 0.238 e. The molecule has 0 saturated heterocycles. The Morgan fingerprint density at radius 2 is 1.04 bits per heavy atom. The summed E-state index contributed by atoms with van der Waals surface area (Å²) in [5, 5.41) is 9.93. The molecule has 3 aromatic heterocycles. The summed E-state index contributed by atoms with van der Waals surface area (Å²) >= 11 is 1.86. The third-order valence-electron chi connectivity index (χ3n) is 10.2. The summed E-state index contributed by atoms with van der Waals surface area (Å²) in [5.41, 5.74) is 6.30. The second-order valence-corrected chi connectivity index (χ2v) is 15.0. The molecule has 262 valence electrons. The monoisotopic (exact) mass is 724 g/mol. The van der Waals surface area contributed by atoms with Gasteiger partial charge in [-0.05, 0) is 45.3 Å². The number of hydrogen-bond acceptors (Lipinski definition) is 4. The van der Waals surface area contributed by atoms with Crippen LogP contribution >= 0.6 is 11.3 Å². The van der Waals surface area contributed by atoms with Crippen molar-refractivity contribution in [2.75, 3.05) is 0 Å². The van der Waals surface area contributed by atoms with E-state index in [1.165, 1.54) is 53.5 Å². The maximum atomic E-state index is 5.24. The van der Waals surface area contributed by atoms with E-state index in [0.717, 1.165) is 38.7 Å². The molecule has 0 aliphatic carbocycles. The number of para-hydroxylation sites is 1. The number of hydrogen-bond donors (Lipinski definition) is 0. The Bertz CT molecular complexity index is 3140. The molecule has 55 heavy (non-hydrogen) atoms. The smallest absolute Gasteiger partial charge is 0.238 e. The van der Waals surface area contributed by atoms with Crippen LogP contribution < -0.4 is 0 Å². The largest absolute Gasteiger partial charge is 0.277 e. The zero-order valence-corrected chi connectivity index (χ0v) is 31.4. The SMILES string of the molecule is CCC.c1ccc(-c2nc(-c3ccccc3)nc(-n3c4ccc5ccccc5c4c4cccc(-c5ccc6c(c5)sc5ccc7ccccc7c56)c43)n2)cc1. The van der Waals surface area contributed by atoms with Gasteiger partial charge in [0, 0.05) is 47.6 Å². The summed E-state index contributed by atoms with van der Waals surface area (Å²) in [7, 11) is 0. The molecule has 0 amide bonds. The highest BCUT2D eigenvalue weighted by atomic mass is 32.1. The average Bonchev–Trinajstić information content (AvgIpc) is 3.80. The lowest BCUT2D eigenvalue weighted by Crippen LogP contribution is -2.07. The molecule has 0 radical (unpaired) electrons. The molecule has 0 atom stereocenters. The molecule has 0 fully saturated rings. The van der Waals surface area contributed by atoms with Crippen LogP contribution in [0.1, 0.15) is 20.3 Å².